The van der Waals surface area contributed by atoms with Crippen molar-refractivity contribution < 1.29 is 4.74 Å². The molecule has 1 aromatic rings. The first-order valence-electron chi connectivity index (χ1n) is 7.46. The van der Waals surface area contributed by atoms with Gasteiger partial charge in [-0.05, 0) is 56.4 Å². The third kappa shape index (κ3) is 3.11. The molecule has 2 heteroatoms. The van der Waals surface area contributed by atoms with Crippen molar-refractivity contribution in [2.45, 2.75) is 58.9 Å². The molecule has 2 nitrogen and oxygen atoms in total. The topological polar surface area (TPSA) is 21.3 Å². The molecule has 0 heterocycles. The minimum absolute atomic E-state index is 0.379. The highest BCUT2D eigenvalue weighted by Crippen LogP contribution is 2.49. The molecule has 0 spiro atoms. The lowest BCUT2D eigenvalue weighted by Gasteiger charge is -2.22. The van der Waals surface area contributed by atoms with Gasteiger partial charge in [-0.15, -0.1) is 0 Å². The van der Waals surface area contributed by atoms with Gasteiger partial charge in [-0.2, -0.15) is 0 Å². The monoisotopic (exact) mass is 261 g/mol. The number of hydrogen-bond acceptors (Lipinski definition) is 2. The van der Waals surface area contributed by atoms with Gasteiger partial charge >= 0.3 is 0 Å². The first kappa shape index (κ1) is 14.4. The standard InChI is InChI=1S/C17H27NO/c1-6-19-16-10-13(4)15(9-14(16)5)17(7-8-17)11-18-12(2)3/h9-10,12,18H,6-8,11H2,1-5H3. The zero-order valence-corrected chi connectivity index (χ0v) is 13.0. The van der Waals surface area contributed by atoms with Crippen LogP contribution in [0.1, 0.15) is 50.3 Å². The van der Waals surface area contributed by atoms with E-state index in [9.17, 15) is 0 Å². The van der Waals surface area contributed by atoms with Gasteiger partial charge in [0.05, 0.1) is 6.61 Å². The van der Waals surface area contributed by atoms with Crippen LogP contribution in [-0.2, 0) is 5.41 Å². The van der Waals surface area contributed by atoms with E-state index in [1.165, 1.54) is 29.5 Å². The second-order valence-corrected chi connectivity index (χ2v) is 6.18. The van der Waals surface area contributed by atoms with Crippen molar-refractivity contribution in [1.82, 2.24) is 5.32 Å². The summed E-state index contributed by atoms with van der Waals surface area (Å²) >= 11 is 0. The van der Waals surface area contributed by atoms with E-state index in [2.05, 4.69) is 45.1 Å². The summed E-state index contributed by atoms with van der Waals surface area (Å²) in [6, 6.07) is 5.11. The molecule has 106 valence electrons. The maximum atomic E-state index is 5.69. The lowest BCUT2D eigenvalue weighted by Crippen LogP contribution is -2.32. The van der Waals surface area contributed by atoms with Crippen LogP contribution in [0.15, 0.2) is 12.1 Å². The summed E-state index contributed by atoms with van der Waals surface area (Å²) in [7, 11) is 0. The van der Waals surface area contributed by atoms with E-state index >= 15 is 0 Å². The quantitative estimate of drug-likeness (QED) is 0.842. The number of ether oxygens (including phenoxy) is 1. The molecule has 1 aliphatic rings. The summed E-state index contributed by atoms with van der Waals surface area (Å²) in [5, 5.41) is 3.60. The Hall–Kier alpha value is -1.02. The third-order valence-corrected chi connectivity index (χ3v) is 4.10. The van der Waals surface area contributed by atoms with Gasteiger partial charge in [0.2, 0.25) is 0 Å². The van der Waals surface area contributed by atoms with Gasteiger partial charge in [0.1, 0.15) is 5.75 Å². The lowest BCUT2D eigenvalue weighted by atomic mass is 9.90. The van der Waals surface area contributed by atoms with Crippen molar-refractivity contribution in [2.24, 2.45) is 0 Å². The van der Waals surface area contributed by atoms with E-state index < -0.39 is 0 Å². The highest BCUT2D eigenvalue weighted by molar-refractivity contribution is 5.47. The van der Waals surface area contributed by atoms with E-state index in [-0.39, 0.29) is 0 Å². The third-order valence-electron chi connectivity index (χ3n) is 4.10. The zero-order valence-electron chi connectivity index (χ0n) is 13.0. The first-order valence-corrected chi connectivity index (χ1v) is 7.46. The largest absolute Gasteiger partial charge is 0.494 e. The molecule has 1 aromatic carbocycles. The van der Waals surface area contributed by atoms with Crippen LogP contribution in [0.5, 0.6) is 5.75 Å². The van der Waals surface area contributed by atoms with Crippen LogP contribution < -0.4 is 10.1 Å². The van der Waals surface area contributed by atoms with Gasteiger partial charge in [-0.25, -0.2) is 0 Å². The van der Waals surface area contributed by atoms with Crippen LogP contribution in [-0.4, -0.2) is 19.2 Å². The average molecular weight is 261 g/mol. The maximum Gasteiger partial charge on any atom is 0.122 e. The van der Waals surface area contributed by atoms with Crippen LogP contribution >= 0.6 is 0 Å². The zero-order chi connectivity index (χ0) is 14.0. The van der Waals surface area contributed by atoms with Gasteiger partial charge in [0, 0.05) is 18.0 Å². The Labute approximate surface area is 117 Å². The molecule has 0 bridgehead atoms. The van der Waals surface area contributed by atoms with E-state index in [1.807, 2.05) is 6.92 Å². The van der Waals surface area contributed by atoms with E-state index in [0.717, 1.165) is 18.9 Å². The van der Waals surface area contributed by atoms with Gasteiger partial charge < -0.3 is 10.1 Å². The molecule has 2 rings (SSSR count). The fourth-order valence-corrected chi connectivity index (χ4v) is 2.76. The van der Waals surface area contributed by atoms with Crippen molar-refractivity contribution in [3.63, 3.8) is 0 Å². The molecule has 0 saturated heterocycles. The molecule has 0 aromatic heterocycles. The maximum absolute atomic E-state index is 5.69. The fraction of sp³-hybridized carbons (Fsp3) is 0.647. The van der Waals surface area contributed by atoms with Crippen molar-refractivity contribution in [3.8, 4) is 5.75 Å². The molecular formula is C17H27NO. The number of benzene rings is 1. The SMILES string of the molecule is CCOc1cc(C)c(C2(CNC(C)C)CC2)cc1C. The molecule has 1 fully saturated rings. The van der Waals surface area contributed by atoms with Gasteiger partial charge in [0.15, 0.2) is 0 Å². The summed E-state index contributed by atoms with van der Waals surface area (Å²) in [6.07, 6.45) is 2.61. The predicted molar refractivity (Wildman–Crippen MR) is 81.1 cm³/mol. The summed E-state index contributed by atoms with van der Waals surface area (Å²) in [5.41, 5.74) is 4.53. The number of rotatable bonds is 6. The first-order chi connectivity index (χ1) is 8.98. The summed E-state index contributed by atoms with van der Waals surface area (Å²) < 4.78 is 5.69. The number of nitrogens with one attached hydrogen (secondary N) is 1. The summed E-state index contributed by atoms with van der Waals surface area (Å²) in [4.78, 5) is 0. The fourth-order valence-electron chi connectivity index (χ4n) is 2.76. The molecular weight excluding hydrogens is 234 g/mol. The molecule has 0 amide bonds. The summed E-state index contributed by atoms with van der Waals surface area (Å²) in [6.45, 7) is 12.7. The van der Waals surface area contributed by atoms with E-state index in [4.69, 9.17) is 4.74 Å². The van der Waals surface area contributed by atoms with Crippen molar-refractivity contribution in [3.05, 3.63) is 28.8 Å². The van der Waals surface area contributed by atoms with Crippen molar-refractivity contribution in [1.29, 1.82) is 0 Å². The minimum Gasteiger partial charge on any atom is -0.494 e. The number of aryl methyl sites for hydroxylation is 2. The van der Waals surface area contributed by atoms with Crippen LogP contribution in [0, 0.1) is 13.8 Å². The van der Waals surface area contributed by atoms with Gasteiger partial charge in [-0.3, -0.25) is 0 Å². The molecule has 19 heavy (non-hydrogen) atoms. The second kappa shape index (κ2) is 5.54. The molecule has 1 aliphatic carbocycles. The van der Waals surface area contributed by atoms with Crippen LogP contribution in [0.25, 0.3) is 0 Å². The minimum atomic E-state index is 0.379. The Morgan fingerprint density at radius 1 is 1.21 bits per heavy atom. The molecule has 0 unspecified atom stereocenters. The van der Waals surface area contributed by atoms with Crippen LogP contribution in [0.2, 0.25) is 0 Å². The Morgan fingerprint density at radius 2 is 1.89 bits per heavy atom. The smallest absolute Gasteiger partial charge is 0.122 e. The normalized spacial score (nSPS) is 16.7. The summed E-state index contributed by atoms with van der Waals surface area (Å²) in [5.74, 6) is 1.04. The molecule has 1 N–H and O–H groups in total. The Morgan fingerprint density at radius 3 is 2.42 bits per heavy atom. The number of hydrogen-bond donors (Lipinski definition) is 1. The highest BCUT2D eigenvalue weighted by Gasteiger charge is 2.44. The van der Waals surface area contributed by atoms with Crippen LogP contribution in [0.4, 0.5) is 0 Å². The van der Waals surface area contributed by atoms with E-state index in [1.54, 1.807) is 0 Å². The Balaban J connectivity index is 2.23. The molecule has 0 atom stereocenters. The Bertz CT molecular complexity index is 447. The molecule has 1 saturated carbocycles. The van der Waals surface area contributed by atoms with Gasteiger partial charge in [0.25, 0.3) is 0 Å². The van der Waals surface area contributed by atoms with E-state index in [0.29, 0.717) is 11.5 Å². The average Bonchev–Trinajstić information content (AvgIpc) is 3.12. The highest BCUT2D eigenvalue weighted by atomic mass is 16.5. The second-order valence-electron chi connectivity index (χ2n) is 6.18. The molecule has 0 radical (unpaired) electrons. The van der Waals surface area contributed by atoms with Crippen molar-refractivity contribution >= 4 is 0 Å². The predicted octanol–water partition coefficient (Wildman–Crippen LogP) is 3.73. The lowest BCUT2D eigenvalue weighted by molar-refractivity contribution is 0.337. The van der Waals surface area contributed by atoms with Gasteiger partial charge in [-0.1, -0.05) is 19.9 Å². The van der Waals surface area contributed by atoms with Crippen LogP contribution in [0.3, 0.4) is 0 Å². The Kier molecular flexibility index (Phi) is 4.19. The molecule has 0 aliphatic heterocycles. The van der Waals surface area contributed by atoms with Crippen molar-refractivity contribution in [2.75, 3.05) is 13.2 Å².